The van der Waals surface area contributed by atoms with E-state index in [0.29, 0.717) is 19.5 Å². The van der Waals surface area contributed by atoms with Crippen molar-refractivity contribution >= 4 is 5.91 Å². The Morgan fingerprint density at radius 1 is 1.44 bits per heavy atom. The Morgan fingerprint density at radius 3 is 2.85 bits per heavy atom. The average Bonchev–Trinajstić information content (AvgIpc) is 3.29. The summed E-state index contributed by atoms with van der Waals surface area (Å²) >= 11 is 0. The zero-order chi connectivity index (χ0) is 19.6. The van der Waals surface area contributed by atoms with Gasteiger partial charge in [0, 0.05) is 19.1 Å². The van der Waals surface area contributed by atoms with Gasteiger partial charge in [0.15, 0.2) is 6.19 Å². The molecule has 142 valence electrons. The lowest BCUT2D eigenvalue weighted by Crippen LogP contribution is -2.36. The number of carbonyl (C=O) groups excluding carboxylic acids is 1. The molecule has 2 aromatic rings. The maximum atomic E-state index is 12.9. The highest BCUT2D eigenvalue weighted by molar-refractivity contribution is 5.90. The van der Waals surface area contributed by atoms with Crippen LogP contribution in [0.1, 0.15) is 22.7 Å². The fourth-order valence-electron chi connectivity index (χ4n) is 2.69. The van der Waals surface area contributed by atoms with E-state index in [1.807, 2.05) is 6.19 Å². The van der Waals surface area contributed by atoms with Crippen LogP contribution in [0.3, 0.4) is 0 Å². The highest BCUT2D eigenvalue weighted by atomic mass is 19.4. The zero-order valence-corrected chi connectivity index (χ0v) is 14.1. The van der Waals surface area contributed by atoms with Crippen molar-refractivity contribution in [1.29, 1.82) is 5.26 Å². The van der Waals surface area contributed by atoms with Crippen molar-refractivity contribution in [3.8, 4) is 23.4 Å². The number of carbonyl (C=O) groups is 1. The third-order valence-electron chi connectivity index (χ3n) is 4.04. The van der Waals surface area contributed by atoms with Crippen molar-refractivity contribution in [3.05, 3.63) is 29.7 Å². The first kappa shape index (κ1) is 18.5. The van der Waals surface area contributed by atoms with Crippen LogP contribution in [0.15, 0.2) is 22.6 Å². The largest absolute Gasteiger partial charge is 0.496 e. The highest BCUT2D eigenvalue weighted by Gasteiger charge is 2.32. The SMILES string of the molecule is COc1ccc(C(F)(F)F)cc1-c1nnc(C(=O)NC2CCN(C#N)C2)o1. The molecule has 0 aliphatic carbocycles. The van der Waals surface area contributed by atoms with Crippen LogP contribution in [0.25, 0.3) is 11.5 Å². The molecule has 1 aliphatic rings. The second kappa shape index (κ2) is 7.14. The van der Waals surface area contributed by atoms with Crippen LogP contribution in [0, 0.1) is 11.5 Å². The van der Waals surface area contributed by atoms with E-state index in [0.717, 1.165) is 18.2 Å². The van der Waals surface area contributed by atoms with Crippen LogP contribution in [0.2, 0.25) is 0 Å². The first-order chi connectivity index (χ1) is 12.8. The summed E-state index contributed by atoms with van der Waals surface area (Å²) in [6.45, 7) is 0.892. The van der Waals surface area contributed by atoms with E-state index >= 15 is 0 Å². The van der Waals surface area contributed by atoms with Gasteiger partial charge in [-0.2, -0.15) is 18.4 Å². The number of nitrogens with one attached hydrogen (secondary N) is 1. The smallest absolute Gasteiger partial charge is 0.416 e. The lowest BCUT2D eigenvalue weighted by Gasteiger charge is -2.11. The highest BCUT2D eigenvalue weighted by Crippen LogP contribution is 2.36. The average molecular weight is 381 g/mol. The summed E-state index contributed by atoms with van der Waals surface area (Å²) in [5, 5.41) is 18.7. The molecule has 1 aromatic heterocycles. The zero-order valence-electron chi connectivity index (χ0n) is 14.1. The summed E-state index contributed by atoms with van der Waals surface area (Å²) in [5.41, 5.74) is -0.986. The number of halogens is 3. The van der Waals surface area contributed by atoms with Crippen molar-refractivity contribution in [2.75, 3.05) is 20.2 Å². The molecule has 8 nitrogen and oxygen atoms in total. The summed E-state index contributed by atoms with van der Waals surface area (Å²) in [6, 6.07) is 2.57. The van der Waals surface area contributed by atoms with Gasteiger partial charge in [-0.1, -0.05) is 0 Å². The van der Waals surface area contributed by atoms with Crippen LogP contribution in [-0.4, -0.2) is 47.2 Å². The van der Waals surface area contributed by atoms with Crippen molar-refractivity contribution in [2.45, 2.75) is 18.6 Å². The first-order valence-corrected chi connectivity index (χ1v) is 7.86. The Labute approximate surface area is 151 Å². The summed E-state index contributed by atoms with van der Waals surface area (Å²) in [6.07, 6.45) is -1.99. The van der Waals surface area contributed by atoms with Gasteiger partial charge in [-0.05, 0) is 24.6 Å². The van der Waals surface area contributed by atoms with E-state index in [-0.39, 0.29) is 29.1 Å². The van der Waals surface area contributed by atoms with E-state index in [1.54, 1.807) is 0 Å². The predicted molar refractivity (Wildman–Crippen MR) is 84.3 cm³/mol. The lowest BCUT2D eigenvalue weighted by atomic mass is 10.1. The molecule has 1 amide bonds. The Morgan fingerprint density at radius 2 is 2.22 bits per heavy atom. The monoisotopic (exact) mass is 381 g/mol. The van der Waals surface area contributed by atoms with Crippen LogP contribution in [0.4, 0.5) is 13.2 Å². The Bertz CT molecular complexity index is 890. The molecular formula is C16H14F3N5O3. The minimum atomic E-state index is -4.56. The molecular weight excluding hydrogens is 367 g/mol. The molecule has 2 heterocycles. The van der Waals surface area contributed by atoms with Gasteiger partial charge in [-0.15, -0.1) is 10.2 Å². The Kier molecular flexibility index (Phi) is 4.89. The number of alkyl halides is 3. The van der Waals surface area contributed by atoms with E-state index in [4.69, 9.17) is 14.4 Å². The summed E-state index contributed by atoms with van der Waals surface area (Å²) < 4.78 is 49.1. The van der Waals surface area contributed by atoms with E-state index < -0.39 is 17.6 Å². The summed E-state index contributed by atoms with van der Waals surface area (Å²) in [4.78, 5) is 13.7. The fourth-order valence-corrected chi connectivity index (χ4v) is 2.69. The third kappa shape index (κ3) is 3.94. The van der Waals surface area contributed by atoms with E-state index in [1.165, 1.54) is 12.0 Å². The number of likely N-dealkylation sites (tertiary alicyclic amines) is 1. The molecule has 27 heavy (non-hydrogen) atoms. The molecule has 0 bridgehead atoms. The van der Waals surface area contributed by atoms with E-state index in [2.05, 4.69) is 15.5 Å². The normalized spacial score (nSPS) is 16.9. The van der Waals surface area contributed by atoms with Gasteiger partial charge in [0.2, 0.25) is 0 Å². The maximum Gasteiger partial charge on any atom is 0.416 e. The van der Waals surface area contributed by atoms with Crippen molar-refractivity contribution in [1.82, 2.24) is 20.4 Å². The third-order valence-corrected chi connectivity index (χ3v) is 4.04. The van der Waals surface area contributed by atoms with Crippen LogP contribution < -0.4 is 10.1 Å². The summed E-state index contributed by atoms with van der Waals surface area (Å²) in [5.74, 6) is -1.23. The molecule has 0 spiro atoms. The second-order valence-electron chi connectivity index (χ2n) is 5.83. The first-order valence-electron chi connectivity index (χ1n) is 7.86. The number of nitrogens with zero attached hydrogens (tertiary/aromatic N) is 4. The minimum Gasteiger partial charge on any atom is -0.496 e. The Balaban J connectivity index is 1.81. The molecule has 1 saturated heterocycles. The maximum absolute atomic E-state index is 12.9. The fraction of sp³-hybridized carbons (Fsp3) is 0.375. The van der Waals surface area contributed by atoms with Crippen LogP contribution in [-0.2, 0) is 6.18 Å². The number of hydrogen-bond donors (Lipinski definition) is 1. The number of hydrogen-bond acceptors (Lipinski definition) is 7. The molecule has 1 N–H and O–H groups in total. The van der Waals surface area contributed by atoms with Crippen LogP contribution >= 0.6 is 0 Å². The van der Waals surface area contributed by atoms with Gasteiger partial charge in [0.1, 0.15) is 5.75 Å². The van der Waals surface area contributed by atoms with Crippen molar-refractivity contribution in [2.24, 2.45) is 0 Å². The summed E-state index contributed by atoms with van der Waals surface area (Å²) in [7, 11) is 1.29. The standard InChI is InChI=1S/C16H14F3N5O3/c1-26-12-3-2-9(16(17,18)19)6-11(12)14-22-23-15(27-14)13(25)21-10-4-5-24(7-10)8-20/h2-3,6,10H,4-5,7H2,1H3,(H,21,25). The molecule has 1 atom stereocenters. The van der Waals surface area contributed by atoms with Crippen molar-refractivity contribution in [3.63, 3.8) is 0 Å². The van der Waals surface area contributed by atoms with Crippen LogP contribution in [0.5, 0.6) is 5.75 Å². The molecule has 11 heteroatoms. The predicted octanol–water partition coefficient (Wildman–Crippen LogP) is 2.05. The van der Waals surface area contributed by atoms with Gasteiger partial charge in [-0.3, -0.25) is 4.79 Å². The van der Waals surface area contributed by atoms with Gasteiger partial charge in [-0.25, -0.2) is 0 Å². The number of methoxy groups -OCH3 is 1. The quantitative estimate of drug-likeness (QED) is 0.808. The molecule has 1 unspecified atom stereocenters. The molecule has 3 rings (SSSR count). The van der Waals surface area contributed by atoms with Gasteiger partial charge >= 0.3 is 18.0 Å². The Hall–Kier alpha value is -3.29. The molecule has 1 aliphatic heterocycles. The number of rotatable bonds is 4. The van der Waals surface area contributed by atoms with Gasteiger partial charge < -0.3 is 19.4 Å². The topological polar surface area (TPSA) is 104 Å². The number of aromatic nitrogens is 2. The number of benzene rings is 1. The lowest BCUT2D eigenvalue weighted by molar-refractivity contribution is -0.137. The minimum absolute atomic E-state index is 0.0737. The van der Waals surface area contributed by atoms with Crippen molar-refractivity contribution < 1.29 is 27.1 Å². The molecule has 1 aromatic carbocycles. The van der Waals surface area contributed by atoms with Gasteiger partial charge in [0.05, 0.1) is 18.2 Å². The molecule has 0 radical (unpaired) electrons. The molecule has 1 fully saturated rings. The number of ether oxygens (including phenoxy) is 1. The molecule has 0 saturated carbocycles. The number of nitriles is 1. The van der Waals surface area contributed by atoms with E-state index in [9.17, 15) is 18.0 Å². The number of amides is 1. The second-order valence-corrected chi connectivity index (χ2v) is 5.83. The van der Waals surface area contributed by atoms with Gasteiger partial charge in [0.25, 0.3) is 5.89 Å².